The number of Topliss-reactive ketones (excluding diaryl/α,β-unsaturated/α-hetero) is 2. The third-order valence-electron chi connectivity index (χ3n) is 2.89. The number of ketones is 2. The maximum absolute atomic E-state index is 12.0. The van der Waals surface area contributed by atoms with Crippen LogP contribution < -0.4 is 4.74 Å². The summed E-state index contributed by atoms with van der Waals surface area (Å²) in [5, 5.41) is 0. The van der Waals surface area contributed by atoms with Crippen LogP contribution in [-0.4, -0.2) is 43.5 Å². The smallest absolute Gasteiger partial charge is 0.375 e. The van der Waals surface area contributed by atoms with Crippen molar-refractivity contribution in [3.63, 3.8) is 0 Å². The zero-order valence-corrected chi connectivity index (χ0v) is 11.7. The fourth-order valence-electron chi connectivity index (χ4n) is 1.75. The van der Waals surface area contributed by atoms with E-state index in [4.69, 9.17) is 9.47 Å². The predicted octanol–water partition coefficient (Wildman–Crippen LogP) is 1.17. The second-order valence-corrected chi connectivity index (χ2v) is 4.55. The van der Waals surface area contributed by atoms with Gasteiger partial charge in [-0.3, -0.25) is 9.59 Å². The van der Waals surface area contributed by atoms with E-state index < -0.39 is 24.0 Å². The summed E-state index contributed by atoms with van der Waals surface area (Å²) in [4.78, 5) is 34.7. The Labute approximate surface area is 122 Å². The van der Waals surface area contributed by atoms with Crippen molar-refractivity contribution in [2.75, 3.05) is 19.8 Å². The molecule has 1 aromatic carbocycles. The van der Waals surface area contributed by atoms with E-state index >= 15 is 0 Å². The Morgan fingerprint density at radius 1 is 1.29 bits per heavy atom. The number of esters is 1. The van der Waals surface area contributed by atoms with Gasteiger partial charge in [-0.2, -0.15) is 0 Å². The predicted molar refractivity (Wildman–Crippen MR) is 72.3 cm³/mol. The van der Waals surface area contributed by atoms with Gasteiger partial charge in [0.1, 0.15) is 11.9 Å². The first-order valence-electron chi connectivity index (χ1n) is 6.67. The van der Waals surface area contributed by atoms with Gasteiger partial charge >= 0.3 is 5.97 Å². The lowest BCUT2D eigenvalue weighted by Gasteiger charge is -2.26. The highest BCUT2D eigenvalue weighted by atomic mass is 16.6. The molecule has 0 N–H and O–H groups in total. The molecule has 21 heavy (non-hydrogen) atoms. The maximum atomic E-state index is 12.0. The molecule has 1 aliphatic heterocycles. The Morgan fingerprint density at radius 2 is 2.05 bits per heavy atom. The van der Waals surface area contributed by atoms with Crippen LogP contribution in [0.4, 0.5) is 0 Å². The normalized spacial score (nSPS) is 14.1. The summed E-state index contributed by atoms with van der Waals surface area (Å²) in [5.41, 5.74) is 0.324. The van der Waals surface area contributed by atoms with Crippen molar-refractivity contribution < 1.29 is 28.6 Å². The van der Waals surface area contributed by atoms with E-state index in [1.54, 1.807) is 31.2 Å². The van der Waals surface area contributed by atoms with Crippen LogP contribution in [0.15, 0.2) is 24.3 Å². The Bertz CT molecular complexity index is 547. The minimum absolute atomic E-state index is 0.00323. The molecule has 1 heterocycles. The third kappa shape index (κ3) is 4.13. The van der Waals surface area contributed by atoms with E-state index in [9.17, 15) is 14.4 Å². The Balaban J connectivity index is 1.96. The Kier molecular flexibility index (Phi) is 5.05. The Hall–Kier alpha value is -2.21. The minimum atomic E-state index is -0.982. The summed E-state index contributed by atoms with van der Waals surface area (Å²) in [5.74, 6) is -1.73. The van der Waals surface area contributed by atoms with Crippen LogP contribution in [0.2, 0.25) is 0 Å². The standard InChI is InChI=1S/C15H16O6/c1-2-20-15(18)14(17)7-13(16)10-4-3-5-11(6-10)21-12-8-19-9-12/h3-6,12H,2,7-9H2,1H3. The first-order valence-corrected chi connectivity index (χ1v) is 6.67. The lowest BCUT2D eigenvalue weighted by Crippen LogP contribution is -2.38. The largest absolute Gasteiger partial charge is 0.486 e. The number of hydrogen-bond acceptors (Lipinski definition) is 6. The second-order valence-electron chi connectivity index (χ2n) is 4.55. The van der Waals surface area contributed by atoms with Gasteiger partial charge in [0.2, 0.25) is 5.78 Å². The number of rotatable bonds is 7. The lowest BCUT2D eigenvalue weighted by atomic mass is 10.1. The molecule has 6 nitrogen and oxygen atoms in total. The van der Waals surface area contributed by atoms with Crippen molar-refractivity contribution in [2.24, 2.45) is 0 Å². The van der Waals surface area contributed by atoms with E-state index in [2.05, 4.69) is 4.74 Å². The van der Waals surface area contributed by atoms with Crippen LogP contribution in [0.3, 0.4) is 0 Å². The molecule has 0 amide bonds. The molecule has 1 aliphatic rings. The van der Waals surface area contributed by atoms with E-state index in [-0.39, 0.29) is 12.7 Å². The number of benzene rings is 1. The van der Waals surface area contributed by atoms with Crippen molar-refractivity contribution in [2.45, 2.75) is 19.4 Å². The molecule has 0 aromatic heterocycles. The topological polar surface area (TPSA) is 78.9 Å². The molecule has 0 atom stereocenters. The molecule has 0 bridgehead atoms. The van der Waals surface area contributed by atoms with Crippen LogP contribution in [0.25, 0.3) is 0 Å². The van der Waals surface area contributed by atoms with E-state index in [0.29, 0.717) is 24.5 Å². The highest BCUT2D eigenvalue weighted by Crippen LogP contribution is 2.18. The van der Waals surface area contributed by atoms with Gasteiger partial charge in [0.25, 0.3) is 0 Å². The number of ether oxygens (including phenoxy) is 3. The summed E-state index contributed by atoms with van der Waals surface area (Å²) < 4.78 is 15.1. The van der Waals surface area contributed by atoms with Crippen LogP contribution in [0, 0.1) is 0 Å². The molecular weight excluding hydrogens is 276 g/mol. The monoisotopic (exact) mass is 292 g/mol. The van der Waals surface area contributed by atoms with Crippen LogP contribution in [0.5, 0.6) is 5.75 Å². The molecule has 2 rings (SSSR count). The zero-order chi connectivity index (χ0) is 15.2. The summed E-state index contributed by atoms with van der Waals surface area (Å²) >= 11 is 0. The van der Waals surface area contributed by atoms with Gasteiger partial charge in [-0.25, -0.2) is 4.79 Å². The van der Waals surface area contributed by atoms with Gasteiger partial charge in [-0.05, 0) is 19.1 Å². The molecule has 1 aromatic rings. The SMILES string of the molecule is CCOC(=O)C(=O)CC(=O)c1cccc(OC2COC2)c1. The number of carbonyl (C=O) groups is 3. The first kappa shape index (κ1) is 15.2. The Morgan fingerprint density at radius 3 is 2.67 bits per heavy atom. The maximum Gasteiger partial charge on any atom is 0.375 e. The van der Waals surface area contributed by atoms with Gasteiger partial charge in [0, 0.05) is 5.56 Å². The molecule has 0 aliphatic carbocycles. The minimum Gasteiger partial charge on any atom is -0.486 e. The number of hydrogen-bond donors (Lipinski definition) is 0. The van der Waals surface area contributed by atoms with Gasteiger partial charge in [0.15, 0.2) is 5.78 Å². The first-order chi connectivity index (χ1) is 10.1. The van der Waals surface area contributed by atoms with Crippen molar-refractivity contribution in [3.8, 4) is 5.75 Å². The molecule has 0 unspecified atom stereocenters. The fourth-order valence-corrected chi connectivity index (χ4v) is 1.75. The number of carbonyl (C=O) groups excluding carboxylic acids is 3. The van der Waals surface area contributed by atoms with E-state index in [1.807, 2.05) is 0 Å². The molecule has 0 radical (unpaired) electrons. The molecule has 6 heteroatoms. The van der Waals surface area contributed by atoms with E-state index in [0.717, 1.165) is 0 Å². The highest BCUT2D eigenvalue weighted by Gasteiger charge is 2.22. The lowest BCUT2D eigenvalue weighted by molar-refractivity contribution is -0.153. The quantitative estimate of drug-likeness (QED) is 0.325. The fraction of sp³-hybridized carbons (Fsp3) is 0.400. The average molecular weight is 292 g/mol. The molecule has 1 fully saturated rings. The average Bonchev–Trinajstić information content (AvgIpc) is 2.43. The van der Waals surface area contributed by atoms with Crippen molar-refractivity contribution >= 4 is 17.5 Å². The third-order valence-corrected chi connectivity index (χ3v) is 2.89. The summed E-state index contributed by atoms with van der Waals surface area (Å²) in [6.07, 6.45) is -0.508. The van der Waals surface area contributed by atoms with Gasteiger partial charge < -0.3 is 14.2 Å². The van der Waals surface area contributed by atoms with Crippen LogP contribution >= 0.6 is 0 Å². The molecule has 112 valence electrons. The molecular formula is C15H16O6. The highest BCUT2D eigenvalue weighted by molar-refractivity contribution is 6.38. The molecule has 0 spiro atoms. The van der Waals surface area contributed by atoms with Crippen molar-refractivity contribution in [3.05, 3.63) is 29.8 Å². The van der Waals surface area contributed by atoms with E-state index in [1.165, 1.54) is 0 Å². The van der Waals surface area contributed by atoms with Crippen molar-refractivity contribution in [1.82, 2.24) is 0 Å². The van der Waals surface area contributed by atoms with Crippen LogP contribution in [-0.2, 0) is 19.1 Å². The summed E-state index contributed by atoms with van der Waals surface area (Å²) in [6.45, 7) is 2.75. The molecule has 0 saturated carbocycles. The zero-order valence-electron chi connectivity index (χ0n) is 11.7. The van der Waals surface area contributed by atoms with Gasteiger partial charge in [0.05, 0.1) is 26.2 Å². The molecule has 1 saturated heterocycles. The van der Waals surface area contributed by atoms with Gasteiger partial charge in [-0.1, -0.05) is 12.1 Å². The van der Waals surface area contributed by atoms with Crippen LogP contribution in [0.1, 0.15) is 23.7 Å². The summed E-state index contributed by atoms with van der Waals surface area (Å²) in [6, 6.07) is 6.52. The van der Waals surface area contributed by atoms with Gasteiger partial charge in [-0.15, -0.1) is 0 Å². The van der Waals surface area contributed by atoms with Crippen molar-refractivity contribution in [1.29, 1.82) is 0 Å². The second kappa shape index (κ2) is 6.99. The summed E-state index contributed by atoms with van der Waals surface area (Å²) in [7, 11) is 0.